The van der Waals surface area contributed by atoms with E-state index in [1.165, 1.54) is 49.7 Å². The zero-order chi connectivity index (χ0) is 14.6. The lowest BCUT2D eigenvalue weighted by Gasteiger charge is -2.59. The van der Waals surface area contributed by atoms with Crippen molar-refractivity contribution in [1.29, 1.82) is 0 Å². The molecule has 0 aromatic heterocycles. The minimum atomic E-state index is -0.531. The quantitative estimate of drug-likeness (QED) is 0.841. The second-order valence-electron chi connectivity index (χ2n) is 8.06. The van der Waals surface area contributed by atoms with Gasteiger partial charge in [-0.3, -0.25) is 0 Å². The summed E-state index contributed by atoms with van der Waals surface area (Å²) in [6.07, 6.45) is 7.65. The summed E-state index contributed by atoms with van der Waals surface area (Å²) in [5, 5.41) is 11.6. The van der Waals surface area contributed by atoms with Crippen LogP contribution in [-0.2, 0) is 5.60 Å². The molecule has 1 aromatic rings. The van der Waals surface area contributed by atoms with Gasteiger partial charge in [0.25, 0.3) is 0 Å². The molecule has 114 valence electrons. The highest BCUT2D eigenvalue weighted by atomic mass is 16.3. The molecule has 0 saturated heterocycles. The van der Waals surface area contributed by atoms with Crippen molar-refractivity contribution in [2.45, 2.75) is 63.9 Å². The summed E-state index contributed by atoms with van der Waals surface area (Å²) in [5.41, 5.74) is 2.09. The minimum Gasteiger partial charge on any atom is -0.385 e. The van der Waals surface area contributed by atoms with Gasteiger partial charge in [-0.1, -0.05) is 38.1 Å². The van der Waals surface area contributed by atoms with Crippen LogP contribution in [0.5, 0.6) is 0 Å². The molecule has 0 radical (unpaired) electrons. The highest BCUT2D eigenvalue weighted by Gasteiger charge is 2.57. The Morgan fingerprint density at radius 1 is 1.10 bits per heavy atom. The van der Waals surface area contributed by atoms with Crippen LogP contribution >= 0.6 is 0 Å². The molecule has 4 aliphatic carbocycles. The first-order chi connectivity index (χ1) is 10.1. The standard InChI is InChI=1S/C20H28O/c1-3-13(2)16-5-4-6-17(12-16)20(21)18-8-14-7-15(10-18)11-19(20)9-14/h4-6,12-15,18-19,21H,3,7-11H2,1-2H3. The number of aliphatic hydroxyl groups is 1. The third-order valence-electron chi connectivity index (χ3n) is 6.91. The highest BCUT2D eigenvalue weighted by molar-refractivity contribution is 5.33. The van der Waals surface area contributed by atoms with E-state index in [9.17, 15) is 5.11 Å². The van der Waals surface area contributed by atoms with E-state index in [1.807, 2.05) is 0 Å². The smallest absolute Gasteiger partial charge is 0.0953 e. The Kier molecular flexibility index (Phi) is 3.19. The minimum absolute atomic E-state index is 0.515. The first-order valence-electron chi connectivity index (χ1n) is 8.94. The second-order valence-corrected chi connectivity index (χ2v) is 8.06. The van der Waals surface area contributed by atoms with Gasteiger partial charge in [0, 0.05) is 0 Å². The molecule has 1 atom stereocenters. The number of benzene rings is 1. The fourth-order valence-electron chi connectivity index (χ4n) is 5.70. The molecule has 4 bridgehead atoms. The second kappa shape index (κ2) is 4.84. The van der Waals surface area contributed by atoms with Gasteiger partial charge in [0.05, 0.1) is 5.60 Å². The van der Waals surface area contributed by atoms with Gasteiger partial charge >= 0.3 is 0 Å². The molecule has 1 unspecified atom stereocenters. The molecule has 0 spiro atoms. The van der Waals surface area contributed by atoms with Crippen molar-refractivity contribution in [3.8, 4) is 0 Å². The van der Waals surface area contributed by atoms with Gasteiger partial charge in [-0.05, 0) is 79.2 Å². The summed E-state index contributed by atoms with van der Waals surface area (Å²) in [6.45, 7) is 4.54. The summed E-state index contributed by atoms with van der Waals surface area (Å²) in [6, 6.07) is 8.90. The molecule has 1 heteroatoms. The fraction of sp³-hybridized carbons (Fsp3) is 0.700. The number of hydrogen-bond donors (Lipinski definition) is 1. The molecule has 4 saturated carbocycles. The lowest BCUT2D eigenvalue weighted by atomic mass is 9.48. The lowest BCUT2D eigenvalue weighted by Crippen LogP contribution is -2.55. The molecular weight excluding hydrogens is 256 g/mol. The fourth-order valence-corrected chi connectivity index (χ4v) is 5.70. The van der Waals surface area contributed by atoms with Crippen LogP contribution in [0.4, 0.5) is 0 Å². The van der Waals surface area contributed by atoms with E-state index >= 15 is 0 Å². The maximum atomic E-state index is 11.6. The first kappa shape index (κ1) is 13.8. The Morgan fingerprint density at radius 2 is 1.71 bits per heavy atom. The predicted octanol–water partition coefficient (Wildman–Crippen LogP) is 4.84. The number of hydrogen-bond acceptors (Lipinski definition) is 1. The van der Waals surface area contributed by atoms with Gasteiger partial charge in [0.2, 0.25) is 0 Å². The monoisotopic (exact) mass is 284 g/mol. The highest BCUT2D eigenvalue weighted by Crippen LogP contribution is 2.61. The molecule has 0 amide bonds. The third-order valence-corrected chi connectivity index (χ3v) is 6.91. The van der Waals surface area contributed by atoms with Crippen molar-refractivity contribution < 1.29 is 5.11 Å². The van der Waals surface area contributed by atoms with Crippen molar-refractivity contribution >= 4 is 0 Å². The first-order valence-corrected chi connectivity index (χ1v) is 8.94. The van der Waals surface area contributed by atoms with Crippen LogP contribution in [0.2, 0.25) is 0 Å². The van der Waals surface area contributed by atoms with Gasteiger partial charge in [-0.15, -0.1) is 0 Å². The topological polar surface area (TPSA) is 20.2 Å². The van der Waals surface area contributed by atoms with E-state index < -0.39 is 5.60 Å². The summed E-state index contributed by atoms with van der Waals surface area (Å²) >= 11 is 0. The third kappa shape index (κ3) is 2.00. The molecule has 4 fully saturated rings. The maximum absolute atomic E-state index is 11.6. The Bertz CT molecular complexity index is 504. The van der Waals surface area contributed by atoms with Crippen LogP contribution in [-0.4, -0.2) is 5.11 Å². The summed E-state index contributed by atoms with van der Waals surface area (Å²) in [5.74, 6) is 3.43. The summed E-state index contributed by atoms with van der Waals surface area (Å²) in [4.78, 5) is 0. The Balaban J connectivity index is 1.72. The summed E-state index contributed by atoms with van der Waals surface area (Å²) < 4.78 is 0. The molecular formula is C20H28O. The Labute approximate surface area is 128 Å². The maximum Gasteiger partial charge on any atom is 0.0953 e. The predicted molar refractivity (Wildman–Crippen MR) is 86.1 cm³/mol. The van der Waals surface area contributed by atoms with Crippen LogP contribution in [0.3, 0.4) is 0 Å². The van der Waals surface area contributed by atoms with Gasteiger partial charge in [0.1, 0.15) is 0 Å². The van der Waals surface area contributed by atoms with Gasteiger partial charge in [-0.2, -0.15) is 0 Å². The summed E-state index contributed by atoms with van der Waals surface area (Å²) in [7, 11) is 0. The SMILES string of the molecule is CCC(C)c1cccc(C2(O)C3CC4CC(C3)CC2C4)c1. The van der Waals surface area contributed by atoms with Gasteiger partial charge in [0.15, 0.2) is 0 Å². The Morgan fingerprint density at radius 3 is 2.29 bits per heavy atom. The average molecular weight is 284 g/mol. The van der Waals surface area contributed by atoms with Crippen LogP contribution in [0.1, 0.15) is 69.4 Å². The van der Waals surface area contributed by atoms with E-state index in [0.717, 1.165) is 11.8 Å². The zero-order valence-electron chi connectivity index (χ0n) is 13.4. The van der Waals surface area contributed by atoms with Crippen molar-refractivity contribution in [2.75, 3.05) is 0 Å². The van der Waals surface area contributed by atoms with Crippen molar-refractivity contribution in [3.05, 3.63) is 35.4 Å². The van der Waals surface area contributed by atoms with E-state index in [0.29, 0.717) is 17.8 Å². The lowest BCUT2D eigenvalue weighted by molar-refractivity contribution is -0.179. The number of rotatable bonds is 3. The van der Waals surface area contributed by atoms with Crippen LogP contribution < -0.4 is 0 Å². The van der Waals surface area contributed by atoms with Gasteiger partial charge in [-0.25, -0.2) is 0 Å². The van der Waals surface area contributed by atoms with E-state index in [-0.39, 0.29) is 0 Å². The largest absolute Gasteiger partial charge is 0.385 e. The van der Waals surface area contributed by atoms with Crippen molar-refractivity contribution in [1.82, 2.24) is 0 Å². The van der Waals surface area contributed by atoms with E-state index in [1.54, 1.807) is 0 Å². The average Bonchev–Trinajstić information content (AvgIpc) is 2.51. The van der Waals surface area contributed by atoms with E-state index in [4.69, 9.17) is 0 Å². The molecule has 1 N–H and O–H groups in total. The van der Waals surface area contributed by atoms with Crippen molar-refractivity contribution in [3.63, 3.8) is 0 Å². The molecule has 21 heavy (non-hydrogen) atoms. The van der Waals surface area contributed by atoms with Crippen molar-refractivity contribution in [2.24, 2.45) is 23.7 Å². The van der Waals surface area contributed by atoms with E-state index in [2.05, 4.69) is 38.1 Å². The van der Waals surface area contributed by atoms with Gasteiger partial charge < -0.3 is 5.11 Å². The normalized spacial score (nSPS) is 42.2. The molecule has 5 rings (SSSR count). The molecule has 4 aliphatic rings. The molecule has 0 heterocycles. The molecule has 1 nitrogen and oxygen atoms in total. The Hall–Kier alpha value is -0.820. The zero-order valence-corrected chi connectivity index (χ0v) is 13.4. The van der Waals surface area contributed by atoms with Crippen LogP contribution in [0, 0.1) is 23.7 Å². The molecule has 0 aliphatic heterocycles. The van der Waals surface area contributed by atoms with Crippen LogP contribution in [0.15, 0.2) is 24.3 Å². The van der Waals surface area contributed by atoms with Crippen LogP contribution in [0.25, 0.3) is 0 Å². The molecule has 1 aromatic carbocycles.